The summed E-state index contributed by atoms with van der Waals surface area (Å²) in [6, 6.07) is 11.9. The Morgan fingerprint density at radius 3 is 2.62 bits per heavy atom. The van der Waals surface area contributed by atoms with E-state index in [9.17, 15) is 13.6 Å². The van der Waals surface area contributed by atoms with E-state index in [4.69, 9.17) is 4.74 Å². The van der Waals surface area contributed by atoms with Crippen LogP contribution in [-0.4, -0.2) is 30.5 Å². The Balaban J connectivity index is 1.59. The molecule has 24 heavy (non-hydrogen) atoms. The first-order valence-electron chi connectivity index (χ1n) is 8.05. The van der Waals surface area contributed by atoms with Crippen molar-refractivity contribution in [3.8, 4) is 5.75 Å². The zero-order valence-electron chi connectivity index (χ0n) is 13.3. The van der Waals surface area contributed by atoms with Crippen LogP contribution in [-0.2, 0) is 0 Å². The molecule has 3 nitrogen and oxygen atoms in total. The van der Waals surface area contributed by atoms with Crippen LogP contribution in [0.5, 0.6) is 5.75 Å². The van der Waals surface area contributed by atoms with Crippen LogP contribution >= 0.6 is 0 Å². The lowest BCUT2D eigenvalue weighted by Crippen LogP contribution is -2.41. The maximum absolute atomic E-state index is 13.8. The van der Waals surface area contributed by atoms with Crippen LogP contribution in [0.2, 0.25) is 0 Å². The van der Waals surface area contributed by atoms with E-state index in [0.29, 0.717) is 25.4 Å². The van der Waals surface area contributed by atoms with Gasteiger partial charge in [-0.3, -0.25) is 4.79 Å². The maximum Gasteiger partial charge on any atom is 0.256 e. The zero-order chi connectivity index (χ0) is 16.9. The molecular weight excluding hydrogens is 312 g/mol. The third-order valence-corrected chi connectivity index (χ3v) is 4.21. The van der Waals surface area contributed by atoms with E-state index < -0.39 is 5.82 Å². The molecule has 1 heterocycles. The van der Waals surface area contributed by atoms with Gasteiger partial charge in [0.1, 0.15) is 17.4 Å². The molecule has 0 aliphatic carbocycles. The highest BCUT2D eigenvalue weighted by Gasteiger charge is 2.26. The number of hydrogen-bond donors (Lipinski definition) is 0. The third kappa shape index (κ3) is 3.91. The molecule has 0 radical (unpaired) electrons. The average Bonchev–Trinajstić information content (AvgIpc) is 2.61. The molecule has 1 saturated heterocycles. The second-order valence-electron chi connectivity index (χ2n) is 6.00. The number of amides is 1. The number of nitrogens with zero attached hydrogens (tertiary/aromatic N) is 1. The van der Waals surface area contributed by atoms with Gasteiger partial charge in [0.05, 0.1) is 12.2 Å². The summed E-state index contributed by atoms with van der Waals surface area (Å²) in [6.45, 7) is 1.61. The van der Waals surface area contributed by atoms with Crippen molar-refractivity contribution >= 4 is 5.91 Å². The first kappa shape index (κ1) is 16.4. The molecule has 0 aromatic heterocycles. The number of benzene rings is 2. The van der Waals surface area contributed by atoms with Crippen molar-refractivity contribution in [2.24, 2.45) is 5.92 Å². The minimum Gasteiger partial charge on any atom is -0.493 e. The summed E-state index contributed by atoms with van der Waals surface area (Å²) in [5.41, 5.74) is 0.109. The lowest BCUT2D eigenvalue weighted by atomic mass is 9.98. The molecule has 2 aromatic rings. The number of likely N-dealkylation sites (tertiary alicyclic amines) is 1. The van der Waals surface area contributed by atoms with E-state index in [-0.39, 0.29) is 23.2 Å². The number of hydrogen-bond acceptors (Lipinski definition) is 2. The summed E-state index contributed by atoms with van der Waals surface area (Å²) in [5, 5.41) is 0. The number of carbonyl (C=O) groups excluding carboxylic acids is 1. The molecule has 0 N–H and O–H groups in total. The quantitative estimate of drug-likeness (QED) is 0.850. The molecule has 126 valence electrons. The molecular formula is C19H19F2NO2. The fourth-order valence-electron chi connectivity index (χ4n) is 2.94. The van der Waals surface area contributed by atoms with E-state index >= 15 is 0 Å². The Labute approximate surface area is 139 Å². The summed E-state index contributed by atoms with van der Waals surface area (Å²) >= 11 is 0. The van der Waals surface area contributed by atoms with E-state index in [1.165, 1.54) is 24.3 Å². The highest BCUT2D eigenvalue weighted by molar-refractivity contribution is 5.94. The van der Waals surface area contributed by atoms with Gasteiger partial charge in [0, 0.05) is 19.0 Å². The highest BCUT2D eigenvalue weighted by atomic mass is 19.1. The fourth-order valence-corrected chi connectivity index (χ4v) is 2.94. The molecule has 0 saturated carbocycles. The molecule has 1 atom stereocenters. The number of ether oxygens (including phenoxy) is 1. The summed E-state index contributed by atoms with van der Waals surface area (Å²) in [6.07, 6.45) is 1.81. The maximum atomic E-state index is 13.8. The van der Waals surface area contributed by atoms with Crippen LogP contribution < -0.4 is 4.74 Å². The Hall–Kier alpha value is -2.43. The van der Waals surface area contributed by atoms with Crippen molar-refractivity contribution in [2.75, 3.05) is 19.7 Å². The van der Waals surface area contributed by atoms with Crippen molar-refractivity contribution in [3.05, 3.63) is 65.7 Å². The van der Waals surface area contributed by atoms with E-state index in [1.807, 2.05) is 0 Å². The predicted molar refractivity (Wildman–Crippen MR) is 86.9 cm³/mol. The second kappa shape index (κ2) is 7.43. The van der Waals surface area contributed by atoms with Crippen molar-refractivity contribution in [1.82, 2.24) is 4.90 Å². The molecule has 0 unspecified atom stereocenters. The van der Waals surface area contributed by atoms with Gasteiger partial charge in [-0.1, -0.05) is 12.1 Å². The summed E-state index contributed by atoms with van der Waals surface area (Å²) < 4.78 is 32.4. The molecule has 1 aliphatic heterocycles. The smallest absolute Gasteiger partial charge is 0.256 e. The Bertz CT molecular complexity index is 703. The lowest BCUT2D eigenvalue weighted by Gasteiger charge is -2.32. The average molecular weight is 331 g/mol. The lowest BCUT2D eigenvalue weighted by molar-refractivity contribution is 0.0628. The van der Waals surface area contributed by atoms with Crippen LogP contribution in [0.3, 0.4) is 0 Å². The van der Waals surface area contributed by atoms with Crippen LogP contribution in [0.15, 0.2) is 48.5 Å². The first-order chi connectivity index (χ1) is 11.6. The molecule has 0 bridgehead atoms. The second-order valence-corrected chi connectivity index (χ2v) is 6.00. The third-order valence-electron chi connectivity index (χ3n) is 4.21. The predicted octanol–water partition coefficient (Wildman–Crippen LogP) is 3.90. The van der Waals surface area contributed by atoms with Crippen LogP contribution in [0.4, 0.5) is 8.78 Å². The summed E-state index contributed by atoms with van der Waals surface area (Å²) in [5.74, 6) is -0.290. The molecule has 1 aliphatic rings. The largest absolute Gasteiger partial charge is 0.493 e. The van der Waals surface area contributed by atoms with Gasteiger partial charge in [0.25, 0.3) is 5.91 Å². The van der Waals surface area contributed by atoms with Crippen LogP contribution in [0.25, 0.3) is 0 Å². The van der Waals surface area contributed by atoms with Crippen molar-refractivity contribution in [2.45, 2.75) is 12.8 Å². The van der Waals surface area contributed by atoms with Gasteiger partial charge in [-0.2, -0.15) is 0 Å². The van der Waals surface area contributed by atoms with Crippen LogP contribution in [0, 0.1) is 17.6 Å². The molecule has 5 heteroatoms. The number of carbonyl (C=O) groups is 1. The fraction of sp³-hybridized carbons (Fsp3) is 0.316. The summed E-state index contributed by atoms with van der Waals surface area (Å²) in [4.78, 5) is 14.2. The monoisotopic (exact) mass is 331 g/mol. The van der Waals surface area contributed by atoms with Gasteiger partial charge in [0.15, 0.2) is 0 Å². The minimum absolute atomic E-state index is 0.109. The Morgan fingerprint density at radius 2 is 1.88 bits per heavy atom. The van der Waals surface area contributed by atoms with Crippen molar-refractivity contribution in [1.29, 1.82) is 0 Å². The van der Waals surface area contributed by atoms with E-state index in [1.54, 1.807) is 29.2 Å². The topological polar surface area (TPSA) is 29.5 Å². The van der Waals surface area contributed by atoms with Gasteiger partial charge >= 0.3 is 0 Å². The van der Waals surface area contributed by atoms with Crippen molar-refractivity contribution < 1.29 is 18.3 Å². The highest BCUT2D eigenvalue weighted by Crippen LogP contribution is 2.21. The van der Waals surface area contributed by atoms with Gasteiger partial charge in [-0.25, -0.2) is 8.78 Å². The van der Waals surface area contributed by atoms with Crippen molar-refractivity contribution in [3.63, 3.8) is 0 Å². The number of halogens is 2. The Kier molecular flexibility index (Phi) is 5.08. The van der Waals surface area contributed by atoms with Crippen LogP contribution in [0.1, 0.15) is 23.2 Å². The molecule has 1 amide bonds. The van der Waals surface area contributed by atoms with Gasteiger partial charge < -0.3 is 9.64 Å². The molecule has 0 spiro atoms. The standard InChI is InChI=1S/C19H19F2NO2/c20-15-7-9-16(10-8-15)24-13-14-4-3-11-22(12-14)19(23)17-5-1-2-6-18(17)21/h1-2,5-10,14H,3-4,11-13H2/t14-/m0/s1. The number of rotatable bonds is 4. The van der Waals surface area contributed by atoms with Gasteiger partial charge in [0.2, 0.25) is 0 Å². The summed E-state index contributed by atoms with van der Waals surface area (Å²) in [7, 11) is 0. The normalized spacial score (nSPS) is 17.6. The molecule has 3 rings (SSSR count). The van der Waals surface area contributed by atoms with Gasteiger partial charge in [-0.05, 0) is 49.2 Å². The number of piperidine rings is 1. The zero-order valence-corrected chi connectivity index (χ0v) is 13.3. The van der Waals surface area contributed by atoms with E-state index in [0.717, 1.165) is 12.8 Å². The van der Waals surface area contributed by atoms with E-state index in [2.05, 4.69) is 0 Å². The molecule has 2 aromatic carbocycles. The van der Waals surface area contributed by atoms with Gasteiger partial charge in [-0.15, -0.1) is 0 Å². The minimum atomic E-state index is -0.493. The molecule has 1 fully saturated rings. The SMILES string of the molecule is O=C(c1ccccc1F)N1CCC[C@H](COc2ccc(F)cc2)C1. The first-order valence-corrected chi connectivity index (χ1v) is 8.05. The Morgan fingerprint density at radius 1 is 1.12 bits per heavy atom.